The summed E-state index contributed by atoms with van der Waals surface area (Å²) in [5.74, 6) is 0.907. The molecule has 0 atom stereocenters. The van der Waals surface area contributed by atoms with Gasteiger partial charge in [-0.1, -0.05) is 48.5 Å². The van der Waals surface area contributed by atoms with Crippen molar-refractivity contribution in [3.05, 3.63) is 72.3 Å². The fraction of sp³-hybridized carbons (Fsp3) is 0.111. The van der Waals surface area contributed by atoms with Gasteiger partial charge in [-0.3, -0.25) is 0 Å². The molecule has 0 aliphatic carbocycles. The van der Waals surface area contributed by atoms with E-state index >= 15 is 0 Å². The number of hydrogen-bond donors (Lipinski definition) is 2. The largest absolute Gasteiger partial charge is 0.496 e. The van der Waals surface area contributed by atoms with Crippen molar-refractivity contribution >= 4 is 16.5 Å². The molecule has 0 spiro atoms. The van der Waals surface area contributed by atoms with Gasteiger partial charge in [-0.05, 0) is 29.1 Å². The Morgan fingerprint density at radius 3 is 2.38 bits per heavy atom. The smallest absolute Gasteiger partial charge is 0.127 e. The van der Waals surface area contributed by atoms with Crippen LogP contribution in [0.5, 0.6) is 5.75 Å². The third kappa shape index (κ3) is 2.98. The van der Waals surface area contributed by atoms with Gasteiger partial charge in [0.2, 0.25) is 0 Å². The summed E-state index contributed by atoms with van der Waals surface area (Å²) in [4.78, 5) is 0. The minimum atomic E-state index is 0.715. The number of nitrogens with one attached hydrogen (secondary N) is 2. The van der Waals surface area contributed by atoms with Gasteiger partial charge >= 0.3 is 0 Å². The number of rotatable bonds is 5. The first-order valence-corrected chi connectivity index (χ1v) is 6.97. The van der Waals surface area contributed by atoms with Crippen LogP contribution >= 0.6 is 0 Å². The van der Waals surface area contributed by atoms with E-state index in [0.717, 1.165) is 16.8 Å². The first-order valence-electron chi connectivity index (χ1n) is 6.97. The van der Waals surface area contributed by atoms with Crippen LogP contribution in [0.2, 0.25) is 0 Å². The van der Waals surface area contributed by atoms with Crippen LogP contribution in [-0.4, -0.2) is 7.11 Å². The van der Waals surface area contributed by atoms with Gasteiger partial charge < -0.3 is 10.2 Å². The molecule has 0 aromatic heterocycles. The fourth-order valence-electron chi connectivity index (χ4n) is 2.46. The van der Waals surface area contributed by atoms with Gasteiger partial charge in [0.05, 0.1) is 7.11 Å². The van der Waals surface area contributed by atoms with Crippen LogP contribution in [0.3, 0.4) is 0 Å². The Morgan fingerprint density at radius 2 is 1.62 bits per heavy atom. The maximum absolute atomic E-state index is 5.48. The average Bonchev–Trinajstić information content (AvgIpc) is 2.55. The van der Waals surface area contributed by atoms with Crippen molar-refractivity contribution in [2.45, 2.75) is 6.54 Å². The third-order valence-electron chi connectivity index (χ3n) is 3.46. The van der Waals surface area contributed by atoms with Gasteiger partial charge in [0.1, 0.15) is 5.75 Å². The maximum atomic E-state index is 5.48. The van der Waals surface area contributed by atoms with Crippen molar-refractivity contribution < 1.29 is 4.74 Å². The van der Waals surface area contributed by atoms with Crippen LogP contribution in [-0.2, 0) is 6.54 Å². The molecule has 0 saturated heterocycles. The molecular formula is C18H18N2O. The molecule has 106 valence electrons. The molecule has 3 heteroatoms. The molecule has 0 aliphatic heterocycles. The van der Waals surface area contributed by atoms with E-state index in [-0.39, 0.29) is 0 Å². The lowest BCUT2D eigenvalue weighted by Crippen LogP contribution is -2.20. The maximum Gasteiger partial charge on any atom is 0.127 e. The summed E-state index contributed by atoms with van der Waals surface area (Å²) in [7, 11) is 1.71. The first-order chi connectivity index (χ1) is 10.4. The van der Waals surface area contributed by atoms with Crippen molar-refractivity contribution in [1.82, 2.24) is 5.43 Å². The zero-order valence-electron chi connectivity index (χ0n) is 12.0. The Balaban J connectivity index is 1.81. The number of fused-ring (bicyclic) bond motifs is 1. The molecule has 0 heterocycles. The van der Waals surface area contributed by atoms with E-state index < -0.39 is 0 Å². The SMILES string of the molecule is COc1cccc2cccc(CNNc3ccccc3)c12. The van der Waals surface area contributed by atoms with Crippen LogP contribution < -0.4 is 15.6 Å². The van der Waals surface area contributed by atoms with Gasteiger partial charge in [-0.2, -0.15) is 0 Å². The predicted octanol–water partition coefficient (Wildman–Crippen LogP) is 3.97. The van der Waals surface area contributed by atoms with Crippen LogP contribution in [0.4, 0.5) is 5.69 Å². The summed E-state index contributed by atoms with van der Waals surface area (Å²) in [6.07, 6.45) is 0. The quantitative estimate of drug-likeness (QED) is 0.693. The second kappa shape index (κ2) is 6.29. The van der Waals surface area contributed by atoms with Crippen molar-refractivity contribution in [3.8, 4) is 5.75 Å². The molecule has 0 saturated carbocycles. The molecule has 2 N–H and O–H groups in total. The molecule has 21 heavy (non-hydrogen) atoms. The second-order valence-electron chi connectivity index (χ2n) is 4.82. The summed E-state index contributed by atoms with van der Waals surface area (Å²) in [5.41, 5.74) is 8.71. The lowest BCUT2D eigenvalue weighted by atomic mass is 10.0. The summed E-state index contributed by atoms with van der Waals surface area (Å²) >= 11 is 0. The Morgan fingerprint density at radius 1 is 0.857 bits per heavy atom. The van der Waals surface area contributed by atoms with E-state index in [0.29, 0.717) is 6.54 Å². The zero-order chi connectivity index (χ0) is 14.5. The summed E-state index contributed by atoms with van der Waals surface area (Å²) in [6, 6.07) is 22.5. The first kappa shape index (κ1) is 13.5. The Hall–Kier alpha value is -2.52. The van der Waals surface area contributed by atoms with Crippen LogP contribution in [0.1, 0.15) is 5.56 Å². The highest BCUT2D eigenvalue weighted by molar-refractivity contribution is 5.91. The molecule has 3 rings (SSSR count). The molecule has 3 aromatic rings. The summed E-state index contributed by atoms with van der Waals surface area (Å²) < 4.78 is 5.48. The van der Waals surface area contributed by atoms with Crippen LogP contribution in [0.25, 0.3) is 10.8 Å². The van der Waals surface area contributed by atoms with E-state index in [1.165, 1.54) is 10.9 Å². The molecule has 0 fully saturated rings. The van der Waals surface area contributed by atoms with E-state index in [1.54, 1.807) is 7.11 Å². The molecular weight excluding hydrogens is 260 g/mol. The number of hydrazine groups is 1. The van der Waals surface area contributed by atoms with Crippen molar-refractivity contribution in [1.29, 1.82) is 0 Å². The van der Waals surface area contributed by atoms with Gasteiger partial charge in [0.15, 0.2) is 0 Å². The number of ether oxygens (including phenoxy) is 1. The molecule has 0 bridgehead atoms. The average molecular weight is 278 g/mol. The van der Waals surface area contributed by atoms with Gasteiger partial charge in [-0.25, -0.2) is 5.43 Å². The van der Waals surface area contributed by atoms with Gasteiger partial charge in [0.25, 0.3) is 0 Å². The number of anilines is 1. The predicted molar refractivity (Wildman–Crippen MR) is 87.4 cm³/mol. The van der Waals surface area contributed by atoms with E-state index in [1.807, 2.05) is 42.5 Å². The van der Waals surface area contributed by atoms with Gasteiger partial charge in [0, 0.05) is 17.6 Å². The Labute approximate surface area is 124 Å². The molecule has 0 amide bonds. The number of benzene rings is 3. The number of para-hydroxylation sites is 1. The molecule has 0 radical (unpaired) electrons. The highest BCUT2D eigenvalue weighted by atomic mass is 16.5. The second-order valence-corrected chi connectivity index (χ2v) is 4.82. The topological polar surface area (TPSA) is 33.3 Å². The van der Waals surface area contributed by atoms with E-state index in [9.17, 15) is 0 Å². The lowest BCUT2D eigenvalue weighted by Gasteiger charge is -2.12. The summed E-state index contributed by atoms with van der Waals surface area (Å²) in [5, 5.41) is 2.35. The Bertz CT molecular complexity index is 720. The standard InChI is InChI=1S/C18H18N2O/c1-21-17-12-6-8-14-7-5-9-15(18(14)17)13-19-20-16-10-3-2-4-11-16/h2-12,19-20H,13H2,1H3. The van der Waals surface area contributed by atoms with Crippen LogP contribution in [0.15, 0.2) is 66.7 Å². The Kier molecular flexibility index (Phi) is 4.03. The summed E-state index contributed by atoms with van der Waals surface area (Å²) in [6.45, 7) is 0.715. The molecule has 0 unspecified atom stereocenters. The number of methoxy groups -OCH3 is 1. The molecule has 3 nitrogen and oxygen atoms in total. The van der Waals surface area contributed by atoms with Crippen molar-refractivity contribution in [2.24, 2.45) is 0 Å². The monoisotopic (exact) mass is 278 g/mol. The van der Waals surface area contributed by atoms with E-state index in [4.69, 9.17) is 4.74 Å². The normalized spacial score (nSPS) is 10.5. The van der Waals surface area contributed by atoms with Crippen molar-refractivity contribution in [3.63, 3.8) is 0 Å². The van der Waals surface area contributed by atoms with Gasteiger partial charge in [-0.15, -0.1) is 0 Å². The third-order valence-corrected chi connectivity index (χ3v) is 3.46. The zero-order valence-corrected chi connectivity index (χ0v) is 12.0. The fourth-order valence-corrected chi connectivity index (χ4v) is 2.46. The minimum Gasteiger partial charge on any atom is -0.496 e. The minimum absolute atomic E-state index is 0.715. The van der Waals surface area contributed by atoms with Crippen molar-refractivity contribution in [2.75, 3.05) is 12.5 Å². The highest BCUT2D eigenvalue weighted by Crippen LogP contribution is 2.28. The lowest BCUT2D eigenvalue weighted by molar-refractivity contribution is 0.419. The van der Waals surface area contributed by atoms with E-state index in [2.05, 4.69) is 35.1 Å². The number of hydrogen-bond acceptors (Lipinski definition) is 3. The molecule has 0 aliphatic rings. The van der Waals surface area contributed by atoms with Crippen LogP contribution in [0, 0.1) is 0 Å². The highest BCUT2D eigenvalue weighted by Gasteiger charge is 2.06. The molecule has 3 aromatic carbocycles.